The van der Waals surface area contributed by atoms with Gasteiger partial charge in [-0.05, 0) is 23.1 Å². The van der Waals surface area contributed by atoms with E-state index in [9.17, 15) is 10.1 Å². The lowest BCUT2D eigenvalue weighted by molar-refractivity contribution is -0.384. The molecule has 0 saturated carbocycles. The van der Waals surface area contributed by atoms with Crippen LogP contribution in [0.5, 0.6) is 0 Å². The second-order valence-corrected chi connectivity index (χ2v) is 3.35. The predicted octanol–water partition coefficient (Wildman–Crippen LogP) is 3.66. The van der Waals surface area contributed by atoms with Crippen molar-refractivity contribution < 1.29 is 4.92 Å². The van der Waals surface area contributed by atoms with E-state index < -0.39 is 4.92 Å². The van der Waals surface area contributed by atoms with E-state index >= 15 is 0 Å². The Morgan fingerprint density at radius 1 is 1.53 bits per heavy atom. The van der Waals surface area contributed by atoms with Crippen molar-refractivity contribution in [3.63, 3.8) is 0 Å². The standard InChI is InChI=1S/C9H10N4O2/c1-6(2)7-3-4-8(11-12-10)9(5-7)13(14)15/h3-6H,1-2H3. The maximum absolute atomic E-state index is 10.7. The molecule has 0 spiro atoms. The third kappa shape index (κ3) is 2.45. The van der Waals surface area contributed by atoms with Gasteiger partial charge in [0.15, 0.2) is 0 Å². The number of nitrogens with zero attached hydrogens (tertiary/aromatic N) is 4. The van der Waals surface area contributed by atoms with Crippen LogP contribution in [0.15, 0.2) is 23.3 Å². The molecule has 0 aliphatic heterocycles. The molecule has 1 aromatic carbocycles. The van der Waals surface area contributed by atoms with Crippen molar-refractivity contribution in [3.8, 4) is 0 Å². The first-order valence-corrected chi connectivity index (χ1v) is 4.39. The zero-order valence-electron chi connectivity index (χ0n) is 8.41. The Kier molecular flexibility index (Phi) is 3.25. The summed E-state index contributed by atoms with van der Waals surface area (Å²) in [5, 5.41) is 14.0. The van der Waals surface area contributed by atoms with Gasteiger partial charge >= 0.3 is 0 Å². The highest BCUT2D eigenvalue weighted by atomic mass is 16.6. The fraction of sp³-hybridized carbons (Fsp3) is 0.333. The molecule has 0 amide bonds. The first kappa shape index (κ1) is 11.0. The van der Waals surface area contributed by atoms with Crippen LogP contribution in [0.3, 0.4) is 0 Å². The number of azide groups is 1. The lowest BCUT2D eigenvalue weighted by Crippen LogP contribution is -1.92. The molecular weight excluding hydrogens is 196 g/mol. The first-order chi connectivity index (χ1) is 7.06. The van der Waals surface area contributed by atoms with Crippen molar-refractivity contribution in [2.45, 2.75) is 19.8 Å². The fourth-order valence-corrected chi connectivity index (χ4v) is 1.18. The molecule has 0 N–H and O–H groups in total. The number of benzene rings is 1. The molecule has 78 valence electrons. The highest BCUT2D eigenvalue weighted by Gasteiger charge is 2.14. The van der Waals surface area contributed by atoms with Gasteiger partial charge in [0.05, 0.1) is 4.92 Å². The van der Waals surface area contributed by atoms with E-state index in [0.29, 0.717) is 0 Å². The van der Waals surface area contributed by atoms with Crippen LogP contribution >= 0.6 is 0 Å². The quantitative estimate of drug-likeness (QED) is 0.248. The van der Waals surface area contributed by atoms with Crippen LogP contribution in [0.1, 0.15) is 25.3 Å². The van der Waals surface area contributed by atoms with Crippen molar-refractivity contribution in [2.24, 2.45) is 5.11 Å². The fourth-order valence-electron chi connectivity index (χ4n) is 1.18. The van der Waals surface area contributed by atoms with E-state index in [4.69, 9.17) is 5.53 Å². The minimum Gasteiger partial charge on any atom is -0.258 e. The molecule has 0 aliphatic carbocycles. The second-order valence-electron chi connectivity index (χ2n) is 3.35. The van der Waals surface area contributed by atoms with Crippen molar-refractivity contribution in [3.05, 3.63) is 44.3 Å². The molecule has 0 aromatic heterocycles. The minimum absolute atomic E-state index is 0.0481. The summed E-state index contributed by atoms with van der Waals surface area (Å²) in [6.07, 6.45) is 0. The number of nitro benzene ring substituents is 1. The van der Waals surface area contributed by atoms with Gasteiger partial charge in [-0.3, -0.25) is 10.1 Å². The zero-order chi connectivity index (χ0) is 11.4. The Bertz CT molecular complexity index is 436. The zero-order valence-corrected chi connectivity index (χ0v) is 8.41. The molecule has 0 aliphatic rings. The molecule has 0 fully saturated rings. The highest BCUT2D eigenvalue weighted by molar-refractivity contribution is 5.58. The average molecular weight is 206 g/mol. The molecule has 6 nitrogen and oxygen atoms in total. The van der Waals surface area contributed by atoms with Crippen molar-refractivity contribution >= 4 is 11.4 Å². The predicted molar refractivity (Wildman–Crippen MR) is 56.0 cm³/mol. The number of nitro groups is 1. The van der Waals surface area contributed by atoms with E-state index in [-0.39, 0.29) is 17.3 Å². The summed E-state index contributed by atoms with van der Waals surface area (Å²) in [5.74, 6) is 0.198. The molecule has 15 heavy (non-hydrogen) atoms. The van der Waals surface area contributed by atoms with Crippen LogP contribution < -0.4 is 0 Å². The van der Waals surface area contributed by atoms with E-state index in [1.807, 2.05) is 13.8 Å². The minimum atomic E-state index is -0.546. The van der Waals surface area contributed by atoms with Crippen molar-refractivity contribution in [1.29, 1.82) is 0 Å². The molecule has 1 aromatic rings. The highest BCUT2D eigenvalue weighted by Crippen LogP contribution is 2.30. The molecular formula is C9H10N4O2. The Morgan fingerprint density at radius 3 is 2.67 bits per heavy atom. The van der Waals surface area contributed by atoms with Crippen LogP contribution in [0, 0.1) is 10.1 Å². The van der Waals surface area contributed by atoms with E-state index in [1.54, 1.807) is 6.07 Å². The van der Waals surface area contributed by atoms with Gasteiger partial charge in [0.1, 0.15) is 5.69 Å². The van der Waals surface area contributed by atoms with E-state index in [0.717, 1.165) is 5.56 Å². The van der Waals surface area contributed by atoms with Gasteiger partial charge in [0.2, 0.25) is 0 Å². The Labute approximate surface area is 86.3 Å². The van der Waals surface area contributed by atoms with Gasteiger partial charge in [-0.2, -0.15) is 0 Å². The molecule has 1 rings (SSSR count). The van der Waals surface area contributed by atoms with Gasteiger partial charge in [-0.25, -0.2) is 0 Å². The maximum Gasteiger partial charge on any atom is 0.279 e. The summed E-state index contributed by atoms with van der Waals surface area (Å²) >= 11 is 0. The normalized spacial score (nSPS) is 9.80. The van der Waals surface area contributed by atoms with E-state index in [2.05, 4.69) is 10.0 Å². The molecule has 6 heteroatoms. The SMILES string of the molecule is CC(C)c1ccc(N=[N+]=[N-])c([N+](=O)[O-])c1. The molecule has 0 unspecified atom stereocenters. The Balaban J connectivity index is 3.32. The third-order valence-corrected chi connectivity index (χ3v) is 2.02. The number of rotatable bonds is 3. The Morgan fingerprint density at radius 2 is 2.20 bits per heavy atom. The number of hydrogen-bond acceptors (Lipinski definition) is 3. The van der Waals surface area contributed by atoms with Gasteiger partial charge in [-0.15, -0.1) is 0 Å². The summed E-state index contributed by atoms with van der Waals surface area (Å²) in [6, 6.07) is 4.63. The summed E-state index contributed by atoms with van der Waals surface area (Å²) in [4.78, 5) is 12.7. The van der Waals surface area contributed by atoms with Gasteiger partial charge in [0.25, 0.3) is 5.69 Å². The second kappa shape index (κ2) is 4.43. The smallest absolute Gasteiger partial charge is 0.258 e. The molecule has 0 bridgehead atoms. The van der Waals surface area contributed by atoms with Crippen LogP contribution in [-0.2, 0) is 0 Å². The lowest BCUT2D eigenvalue weighted by atomic mass is 10.0. The summed E-state index contributed by atoms with van der Waals surface area (Å²) in [7, 11) is 0. The molecule has 0 radical (unpaired) electrons. The summed E-state index contributed by atoms with van der Waals surface area (Å²) < 4.78 is 0. The van der Waals surface area contributed by atoms with Gasteiger partial charge < -0.3 is 0 Å². The van der Waals surface area contributed by atoms with Crippen LogP contribution in [0.25, 0.3) is 10.4 Å². The first-order valence-electron chi connectivity index (χ1n) is 4.39. The van der Waals surface area contributed by atoms with Gasteiger partial charge in [-0.1, -0.05) is 25.0 Å². The number of hydrogen-bond donors (Lipinski definition) is 0. The topological polar surface area (TPSA) is 91.9 Å². The third-order valence-electron chi connectivity index (χ3n) is 2.02. The Hall–Kier alpha value is -2.07. The summed E-state index contributed by atoms with van der Waals surface area (Å²) in [5.41, 5.74) is 8.98. The van der Waals surface area contributed by atoms with Crippen LogP contribution in [0.4, 0.5) is 11.4 Å². The monoisotopic (exact) mass is 206 g/mol. The maximum atomic E-state index is 10.7. The lowest BCUT2D eigenvalue weighted by Gasteiger charge is -2.05. The van der Waals surface area contributed by atoms with Crippen molar-refractivity contribution in [2.75, 3.05) is 0 Å². The van der Waals surface area contributed by atoms with Crippen LogP contribution in [0.2, 0.25) is 0 Å². The average Bonchev–Trinajstić information content (AvgIpc) is 2.18. The van der Waals surface area contributed by atoms with Crippen molar-refractivity contribution in [1.82, 2.24) is 0 Å². The van der Waals surface area contributed by atoms with E-state index in [1.165, 1.54) is 12.1 Å². The largest absolute Gasteiger partial charge is 0.279 e. The molecule has 0 saturated heterocycles. The summed E-state index contributed by atoms with van der Waals surface area (Å²) in [6.45, 7) is 3.87. The van der Waals surface area contributed by atoms with Crippen LogP contribution in [-0.4, -0.2) is 4.92 Å². The van der Waals surface area contributed by atoms with Gasteiger partial charge in [0, 0.05) is 11.0 Å². The molecule has 0 heterocycles. The molecule has 0 atom stereocenters.